The molecule has 0 heterocycles. The number of esters is 1. The van der Waals surface area contributed by atoms with E-state index in [4.69, 9.17) is 4.74 Å². The molecular formula is C16H22N2O5S. The molecule has 0 spiro atoms. The van der Waals surface area contributed by atoms with E-state index in [0.29, 0.717) is 6.54 Å². The maximum Gasteiger partial charge on any atom is 0.338 e. The van der Waals surface area contributed by atoms with Crippen LogP contribution in [0.3, 0.4) is 0 Å². The lowest BCUT2D eigenvalue weighted by Gasteiger charge is -2.09. The van der Waals surface area contributed by atoms with Crippen LogP contribution in [0.15, 0.2) is 41.8 Å². The van der Waals surface area contributed by atoms with Crippen LogP contribution in [-0.4, -0.2) is 40.0 Å². The van der Waals surface area contributed by atoms with Gasteiger partial charge in [-0.2, -0.15) is 0 Å². The summed E-state index contributed by atoms with van der Waals surface area (Å²) in [4.78, 5) is 23.4. The van der Waals surface area contributed by atoms with E-state index in [-0.39, 0.29) is 22.9 Å². The average Bonchev–Trinajstić information content (AvgIpc) is 2.56. The zero-order valence-corrected chi connectivity index (χ0v) is 14.6. The number of hydrogen-bond acceptors (Lipinski definition) is 5. The van der Waals surface area contributed by atoms with Gasteiger partial charge in [0.15, 0.2) is 6.61 Å². The molecule has 0 fully saturated rings. The summed E-state index contributed by atoms with van der Waals surface area (Å²) in [5, 5.41) is 2.62. The van der Waals surface area contributed by atoms with E-state index in [1.54, 1.807) is 0 Å². The van der Waals surface area contributed by atoms with Crippen molar-refractivity contribution in [3.63, 3.8) is 0 Å². The highest BCUT2D eigenvalue weighted by molar-refractivity contribution is 7.89. The minimum Gasteiger partial charge on any atom is -0.452 e. The van der Waals surface area contributed by atoms with Crippen molar-refractivity contribution in [2.45, 2.75) is 18.7 Å². The Morgan fingerprint density at radius 1 is 1.33 bits per heavy atom. The third-order valence-corrected chi connectivity index (χ3v) is 4.26. The van der Waals surface area contributed by atoms with Gasteiger partial charge < -0.3 is 10.1 Å². The van der Waals surface area contributed by atoms with Crippen molar-refractivity contribution in [2.24, 2.45) is 5.92 Å². The predicted octanol–water partition coefficient (Wildman–Crippen LogP) is 1.08. The van der Waals surface area contributed by atoms with Crippen molar-refractivity contribution >= 4 is 21.9 Å². The average molecular weight is 354 g/mol. The van der Waals surface area contributed by atoms with Crippen LogP contribution in [-0.2, 0) is 19.6 Å². The fraction of sp³-hybridized carbons (Fsp3) is 0.375. The third-order valence-electron chi connectivity index (χ3n) is 2.84. The summed E-state index contributed by atoms with van der Waals surface area (Å²) in [6.07, 6.45) is 1.41. The third kappa shape index (κ3) is 6.51. The number of rotatable bonds is 9. The molecule has 2 N–H and O–H groups in total. The minimum atomic E-state index is -3.74. The molecule has 24 heavy (non-hydrogen) atoms. The molecule has 1 amide bonds. The SMILES string of the molecule is C=CCNS(=O)(=O)c1cccc(C(=O)OCC(=O)NCC(C)C)c1. The normalized spacial score (nSPS) is 11.1. The van der Waals surface area contributed by atoms with Crippen molar-refractivity contribution in [3.8, 4) is 0 Å². The van der Waals surface area contributed by atoms with Crippen molar-refractivity contribution in [1.29, 1.82) is 0 Å². The first-order valence-corrected chi connectivity index (χ1v) is 8.89. The van der Waals surface area contributed by atoms with Gasteiger partial charge in [0.1, 0.15) is 0 Å². The first-order valence-electron chi connectivity index (χ1n) is 7.40. The highest BCUT2D eigenvalue weighted by Crippen LogP contribution is 2.12. The van der Waals surface area contributed by atoms with Crippen LogP contribution in [0.25, 0.3) is 0 Å². The van der Waals surface area contributed by atoms with Crippen LogP contribution < -0.4 is 10.0 Å². The summed E-state index contributed by atoms with van der Waals surface area (Å²) in [6, 6.07) is 5.40. The Bertz CT molecular complexity index is 698. The van der Waals surface area contributed by atoms with Crippen molar-refractivity contribution in [2.75, 3.05) is 19.7 Å². The molecule has 0 unspecified atom stereocenters. The van der Waals surface area contributed by atoms with E-state index >= 15 is 0 Å². The van der Waals surface area contributed by atoms with Gasteiger partial charge in [0, 0.05) is 13.1 Å². The van der Waals surface area contributed by atoms with Gasteiger partial charge in [0.05, 0.1) is 10.5 Å². The molecule has 132 valence electrons. The van der Waals surface area contributed by atoms with Gasteiger partial charge in [-0.05, 0) is 24.1 Å². The van der Waals surface area contributed by atoms with E-state index in [0.717, 1.165) is 0 Å². The molecule has 0 atom stereocenters. The van der Waals surface area contributed by atoms with E-state index in [9.17, 15) is 18.0 Å². The number of sulfonamides is 1. The summed E-state index contributed by atoms with van der Waals surface area (Å²) in [5.41, 5.74) is 0.0492. The number of amides is 1. The molecule has 8 heteroatoms. The second-order valence-corrected chi connectivity index (χ2v) is 7.21. The van der Waals surface area contributed by atoms with Crippen LogP contribution in [0.2, 0.25) is 0 Å². The summed E-state index contributed by atoms with van der Waals surface area (Å²) < 4.78 is 31.2. The van der Waals surface area contributed by atoms with Crippen LogP contribution in [0.1, 0.15) is 24.2 Å². The first-order chi connectivity index (χ1) is 11.3. The largest absolute Gasteiger partial charge is 0.452 e. The highest BCUT2D eigenvalue weighted by atomic mass is 32.2. The Balaban J connectivity index is 2.70. The lowest BCUT2D eigenvalue weighted by atomic mass is 10.2. The molecule has 0 saturated carbocycles. The predicted molar refractivity (Wildman–Crippen MR) is 90.0 cm³/mol. The number of ether oxygens (including phenoxy) is 1. The van der Waals surface area contributed by atoms with Gasteiger partial charge in [-0.3, -0.25) is 4.79 Å². The molecule has 0 saturated heterocycles. The lowest BCUT2D eigenvalue weighted by molar-refractivity contribution is -0.124. The van der Waals surface area contributed by atoms with E-state index in [2.05, 4.69) is 16.6 Å². The number of carbonyl (C=O) groups excluding carboxylic acids is 2. The zero-order valence-electron chi connectivity index (χ0n) is 13.7. The second kappa shape index (κ2) is 9.19. The topological polar surface area (TPSA) is 102 Å². The number of benzene rings is 1. The van der Waals surface area contributed by atoms with Gasteiger partial charge in [0.2, 0.25) is 10.0 Å². The van der Waals surface area contributed by atoms with E-state index in [1.807, 2.05) is 13.8 Å². The fourth-order valence-corrected chi connectivity index (χ4v) is 2.67. The Labute approximate surface area is 142 Å². The zero-order chi connectivity index (χ0) is 18.2. The lowest BCUT2D eigenvalue weighted by Crippen LogP contribution is -2.31. The molecule has 0 radical (unpaired) electrons. The Morgan fingerprint density at radius 3 is 2.67 bits per heavy atom. The first kappa shape index (κ1) is 19.9. The quantitative estimate of drug-likeness (QED) is 0.510. The molecular weight excluding hydrogens is 332 g/mol. The summed E-state index contributed by atoms with van der Waals surface area (Å²) >= 11 is 0. The molecule has 0 aliphatic rings. The van der Waals surface area contributed by atoms with Crippen LogP contribution in [0, 0.1) is 5.92 Å². The molecule has 0 aliphatic heterocycles. The van der Waals surface area contributed by atoms with E-state index < -0.39 is 28.5 Å². The number of nitrogens with one attached hydrogen (secondary N) is 2. The van der Waals surface area contributed by atoms with Gasteiger partial charge in [-0.25, -0.2) is 17.9 Å². The van der Waals surface area contributed by atoms with Gasteiger partial charge in [-0.15, -0.1) is 6.58 Å². The summed E-state index contributed by atoms with van der Waals surface area (Å²) in [7, 11) is -3.74. The standard InChI is InChI=1S/C16H22N2O5S/c1-4-8-18-24(21,22)14-7-5-6-13(9-14)16(20)23-11-15(19)17-10-12(2)3/h4-7,9,12,18H,1,8,10-11H2,2-3H3,(H,17,19). The van der Waals surface area contributed by atoms with Gasteiger partial charge >= 0.3 is 5.97 Å². The van der Waals surface area contributed by atoms with Crippen molar-refractivity contribution in [3.05, 3.63) is 42.5 Å². The molecule has 7 nitrogen and oxygen atoms in total. The van der Waals surface area contributed by atoms with Gasteiger partial charge in [-0.1, -0.05) is 26.0 Å². The molecule has 1 aromatic rings. The number of hydrogen-bond donors (Lipinski definition) is 2. The summed E-state index contributed by atoms with van der Waals surface area (Å²) in [6.45, 7) is 7.46. The molecule has 1 aromatic carbocycles. The highest BCUT2D eigenvalue weighted by Gasteiger charge is 2.16. The maximum absolute atomic E-state index is 12.0. The number of carbonyl (C=O) groups is 2. The van der Waals surface area contributed by atoms with Crippen LogP contribution in [0.4, 0.5) is 0 Å². The van der Waals surface area contributed by atoms with Crippen LogP contribution in [0.5, 0.6) is 0 Å². The Hall–Kier alpha value is -2.19. The molecule has 0 aliphatic carbocycles. The maximum atomic E-state index is 12.0. The Morgan fingerprint density at radius 2 is 2.04 bits per heavy atom. The van der Waals surface area contributed by atoms with E-state index in [1.165, 1.54) is 30.3 Å². The minimum absolute atomic E-state index is 0.0492. The molecule has 0 aromatic heterocycles. The van der Waals surface area contributed by atoms with Crippen molar-refractivity contribution in [1.82, 2.24) is 10.0 Å². The second-order valence-electron chi connectivity index (χ2n) is 5.44. The molecule has 1 rings (SSSR count). The van der Waals surface area contributed by atoms with Crippen LogP contribution >= 0.6 is 0 Å². The Kier molecular flexibility index (Phi) is 7.60. The molecule has 0 bridgehead atoms. The monoisotopic (exact) mass is 354 g/mol. The van der Waals surface area contributed by atoms with Crippen molar-refractivity contribution < 1.29 is 22.7 Å². The smallest absolute Gasteiger partial charge is 0.338 e. The van der Waals surface area contributed by atoms with Gasteiger partial charge in [0.25, 0.3) is 5.91 Å². The summed E-state index contributed by atoms with van der Waals surface area (Å²) in [5.74, 6) is -0.890. The fourth-order valence-electron chi connectivity index (χ4n) is 1.63.